The summed E-state index contributed by atoms with van der Waals surface area (Å²) < 4.78 is 15.9. The number of phenols is 2. The topological polar surface area (TPSA) is 105 Å². The molecule has 1 aliphatic heterocycles. The van der Waals surface area contributed by atoms with E-state index < -0.39 is 14.5 Å². The van der Waals surface area contributed by atoms with Gasteiger partial charge in [-0.3, -0.25) is 15.3 Å². The number of fused-ring (bicyclic) bond motifs is 1. The van der Waals surface area contributed by atoms with E-state index in [1.54, 1.807) is 25.6 Å². The van der Waals surface area contributed by atoms with Crippen LogP contribution in [0, 0.1) is 5.92 Å². The fourth-order valence-electron chi connectivity index (χ4n) is 5.66. The van der Waals surface area contributed by atoms with Crippen LogP contribution in [-0.4, -0.2) is 71.7 Å². The van der Waals surface area contributed by atoms with Crippen molar-refractivity contribution in [2.75, 3.05) is 13.7 Å². The molecule has 1 saturated carbocycles. The van der Waals surface area contributed by atoms with Gasteiger partial charge in [0.25, 0.3) is 0 Å². The Bertz CT molecular complexity index is 1220. The van der Waals surface area contributed by atoms with Crippen LogP contribution in [0.2, 0.25) is 6.04 Å². The molecule has 2 aromatic rings. The number of hydrogen-bond donors (Lipinski definition) is 3. The zero-order valence-electron chi connectivity index (χ0n) is 23.7. The summed E-state index contributed by atoms with van der Waals surface area (Å²) >= 11 is 0. The Morgan fingerprint density at radius 1 is 1.10 bits per heavy atom. The van der Waals surface area contributed by atoms with Crippen molar-refractivity contribution in [2.24, 2.45) is 15.9 Å². The predicted octanol–water partition coefficient (Wildman–Crippen LogP) is 4.64. The van der Waals surface area contributed by atoms with E-state index in [0.29, 0.717) is 30.1 Å². The Hall–Kier alpha value is -2.13. The maximum Gasteiger partial charge on any atom is 0.479 e. The number of hydrogen-bond acceptors (Lipinski definition) is 8. The van der Waals surface area contributed by atoms with Crippen molar-refractivity contribution in [3.63, 3.8) is 0 Å². The summed E-state index contributed by atoms with van der Waals surface area (Å²) in [5.74, 6) is 0.722. The van der Waals surface area contributed by atoms with Gasteiger partial charge in [0.1, 0.15) is 17.2 Å². The normalized spacial score (nSPS) is 23.4. The van der Waals surface area contributed by atoms with Gasteiger partial charge in [-0.1, -0.05) is 39.3 Å². The van der Waals surface area contributed by atoms with E-state index in [9.17, 15) is 10.2 Å². The van der Waals surface area contributed by atoms with Gasteiger partial charge in [0, 0.05) is 60.8 Å². The molecule has 1 saturated heterocycles. The first-order chi connectivity index (χ1) is 19.1. The average molecular weight is 594 g/mol. The summed E-state index contributed by atoms with van der Waals surface area (Å²) in [4.78, 5) is 9.60. The number of nitrogens with zero attached hydrogens (tertiary/aromatic N) is 2. The van der Waals surface area contributed by atoms with Gasteiger partial charge in [0.15, 0.2) is 0 Å². The molecule has 212 valence electrons. The molecule has 0 spiro atoms. The molecule has 40 heavy (non-hydrogen) atoms. The third-order valence-electron chi connectivity index (χ3n) is 8.11. The van der Waals surface area contributed by atoms with E-state index in [-0.39, 0.29) is 28.9 Å². The van der Waals surface area contributed by atoms with Crippen LogP contribution in [0.3, 0.4) is 0 Å². The Morgan fingerprint density at radius 3 is 2.52 bits per heavy atom. The van der Waals surface area contributed by atoms with E-state index in [2.05, 4.69) is 58.1 Å². The molecule has 0 amide bonds. The average Bonchev–Trinajstić information content (AvgIpc) is 2.93. The summed E-state index contributed by atoms with van der Waals surface area (Å²) in [6.45, 7) is 7.06. The highest BCUT2D eigenvalue weighted by atomic mass is 28.4. The predicted molar refractivity (Wildman–Crippen MR) is 161 cm³/mol. The molecule has 1 heterocycles. The highest BCUT2D eigenvalue weighted by Crippen LogP contribution is 2.53. The van der Waals surface area contributed by atoms with Crippen molar-refractivity contribution in [2.45, 2.75) is 76.0 Å². The van der Waals surface area contributed by atoms with E-state index in [4.69, 9.17) is 17.6 Å². The monoisotopic (exact) mass is 593 g/mol. The van der Waals surface area contributed by atoms with Gasteiger partial charge in [-0.05, 0) is 60.9 Å². The van der Waals surface area contributed by atoms with E-state index in [0.717, 1.165) is 36.8 Å². The van der Waals surface area contributed by atoms with Gasteiger partial charge < -0.3 is 22.9 Å². The number of para-hydroxylation sites is 1. The van der Waals surface area contributed by atoms with Crippen LogP contribution in [-0.2, 0) is 18.1 Å². The summed E-state index contributed by atoms with van der Waals surface area (Å²) in [6.07, 6.45) is 8.41. The van der Waals surface area contributed by atoms with Crippen LogP contribution < -0.4 is 5.32 Å². The number of phenolic OH excluding ortho intramolecular Hbond substituents is 2. The largest absolute Gasteiger partial charge is 0.507 e. The molecule has 3 atom stereocenters. The quantitative estimate of drug-likeness (QED) is 0.199. The molecule has 2 aliphatic rings. The zero-order valence-corrected chi connectivity index (χ0v) is 26.7. The maximum absolute atomic E-state index is 11.5. The first-order valence-corrected chi connectivity index (χ1v) is 16.6. The molecule has 6 radical (unpaired) electrons. The van der Waals surface area contributed by atoms with Gasteiger partial charge in [0.05, 0.1) is 0 Å². The third kappa shape index (κ3) is 6.51. The van der Waals surface area contributed by atoms with Gasteiger partial charge in [-0.25, -0.2) is 0 Å². The number of benzene rings is 2. The Labute approximate surface area is 245 Å². The number of nitrogens with one attached hydrogen (secondary N) is 1. The van der Waals surface area contributed by atoms with Crippen LogP contribution in [0.15, 0.2) is 46.4 Å². The van der Waals surface area contributed by atoms with Gasteiger partial charge in [0.2, 0.25) is 21.0 Å². The van der Waals surface area contributed by atoms with Crippen molar-refractivity contribution >= 4 is 42.2 Å². The van der Waals surface area contributed by atoms with Crippen LogP contribution in [0.5, 0.6) is 11.5 Å². The Kier molecular flexibility index (Phi) is 9.87. The zero-order chi connectivity index (χ0) is 29.0. The van der Waals surface area contributed by atoms with Gasteiger partial charge in [-0.2, -0.15) is 0 Å². The standard InChI is InChI=1S/C29H39N3O5Si3/c1-28(2,3)22-16-21(18-30-14-9-15-40(35-4,36-38)37-39)27(34)23(17-22)26-24-11-7-8-13-29(24,32-26)31-19-20-10-5-6-12-25(20)33/h5-6,10,12,16-19,24,26,32-34H,7-9,11,13-15H2,1-4H3/b30-18?,31-19+/t24-,26?,29-/m1/s1. The van der Waals surface area contributed by atoms with Crippen molar-refractivity contribution in [1.29, 1.82) is 0 Å². The summed E-state index contributed by atoms with van der Waals surface area (Å²) in [6, 6.07) is 12.0. The Balaban J connectivity index is 1.57. The lowest BCUT2D eigenvalue weighted by Crippen LogP contribution is -2.66. The minimum Gasteiger partial charge on any atom is -0.507 e. The van der Waals surface area contributed by atoms with E-state index >= 15 is 0 Å². The molecule has 0 bridgehead atoms. The van der Waals surface area contributed by atoms with Gasteiger partial charge >= 0.3 is 8.80 Å². The summed E-state index contributed by atoms with van der Waals surface area (Å²) in [5.41, 5.74) is 2.94. The Morgan fingerprint density at radius 2 is 1.85 bits per heavy atom. The van der Waals surface area contributed by atoms with Crippen molar-refractivity contribution in [3.05, 3.63) is 58.7 Å². The highest BCUT2D eigenvalue weighted by molar-refractivity contribution is 6.66. The minimum absolute atomic E-state index is 0.0173. The van der Waals surface area contributed by atoms with Crippen molar-refractivity contribution in [3.8, 4) is 11.5 Å². The smallest absolute Gasteiger partial charge is 0.479 e. The fraction of sp³-hybridized carbons (Fsp3) is 0.517. The molecule has 8 nitrogen and oxygen atoms in total. The summed E-state index contributed by atoms with van der Waals surface area (Å²) in [5, 5.41) is 25.4. The lowest BCUT2D eigenvalue weighted by atomic mass is 9.65. The second-order valence-corrected chi connectivity index (χ2v) is 15.6. The molecule has 1 unspecified atom stereocenters. The maximum atomic E-state index is 11.5. The second-order valence-electron chi connectivity index (χ2n) is 11.7. The first-order valence-electron chi connectivity index (χ1n) is 13.8. The molecule has 2 fully saturated rings. The second kappa shape index (κ2) is 12.8. The molecule has 2 aromatic carbocycles. The molecule has 11 heteroatoms. The molecule has 0 aromatic heterocycles. The highest BCUT2D eigenvalue weighted by Gasteiger charge is 2.55. The lowest BCUT2D eigenvalue weighted by Gasteiger charge is -2.57. The molecular formula is C29H39N3O5Si3. The van der Waals surface area contributed by atoms with Crippen LogP contribution in [0.1, 0.15) is 81.2 Å². The van der Waals surface area contributed by atoms with Crippen molar-refractivity contribution in [1.82, 2.24) is 5.32 Å². The number of aliphatic imine (C=N–C) groups is 2. The first kappa shape index (κ1) is 30.8. The molecule has 1 aliphatic carbocycles. The molecular weight excluding hydrogens is 555 g/mol. The van der Waals surface area contributed by atoms with Crippen LogP contribution in [0.4, 0.5) is 0 Å². The van der Waals surface area contributed by atoms with E-state index in [1.807, 2.05) is 24.3 Å². The van der Waals surface area contributed by atoms with E-state index in [1.165, 1.54) is 0 Å². The van der Waals surface area contributed by atoms with Crippen LogP contribution >= 0.6 is 0 Å². The van der Waals surface area contributed by atoms with Gasteiger partial charge in [-0.15, -0.1) is 0 Å². The van der Waals surface area contributed by atoms with Crippen molar-refractivity contribution < 1.29 is 22.9 Å². The lowest BCUT2D eigenvalue weighted by molar-refractivity contribution is -0.000796. The van der Waals surface area contributed by atoms with Crippen LogP contribution in [0.25, 0.3) is 0 Å². The number of aromatic hydroxyl groups is 2. The summed E-state index contributed by atoms with van der Waals surface area (Å²) in [7, 11) is 4.87. The third-order valence-corrected chi connectivity index (χ3v) is 12.2. The minimum atomic E-state index is -2.80. The fourth-order valence-corrected chi connectivity index (χ4v) is 8.48. The number of rotatable bonds is 11. The SMILES string of the molecule is CO[Si](CCCN=Cc1cc(C(C)(C)C)cc(C2N[C@]3(/N=C/c4ccccc4O)CCCC[C@H]23)c1O)(O[Si])O[Si]. The molecule has 4 rings (SSSR count). The molecule has 3 N–H and O–H groups in total.